The Morgan fingerprint density at radius 2 is 1.48 bits per heavy atom. The van der Waals surface area contributed by atoms with Gasteiger partial charge in [-0.2, -0.15) is 0 Å². The number of amides is 1. The molecule has 0 fully saturated rings. The molecule has 0 aliphatic carbocycles. The molecule has 0 saturated carbocycles. The minimum absolute atomic E-state index is 0.205. The Hall–Kier alpha value is -0.830. The molecule has 0 radical (unpaired) electrons. The Morgan fingerprint density at radius 3 is 1.90 bits per heavy atom. The fourth-order valence-corrected chi connectivity index (χ4v) is 2.41. The van der Waals surface area contributed by atoms with Crippen LogP contribution in [0.4, 0.5) is 0 Å². The fraction of sp³-hybridized carbons (Fsp3) is 0.833. The van der Waals surface area contributed by atoms with Crippen LogP contribution in [0, 0.1) is 0 Å². The summed E-state index contributed by atoms with van der Waals surface area (Å²) in [5, 5.41) is 0. The zero-order valence-electron chi connectivity index (χ0n) is 14.5. The summed E-state index contributed by atoms with van der Waals surface area (Å²) in [6, 6.07) is 0. The lowest BCUT2D eigenvalue weighted by atomic mass is 10.1. The molecule has 124 valence electrons. The summed E-state index contributed by atoms with van der Waals surface area (Å²) in [6.07, 6.45) is 12.5. The molecule has 0 aromatic heterocycles. The summed E-state index contributed by atoms with van der Waals surface area (Å²) in [4.78, 5) is 14.5. The monoisotopic (exact) mass is 296 g/mol. The van der Waals surface area contributed by atoms with E-state index in [4.69, 9.17) is 5.73 Å². The second kappa shape index (κ2) is 14.1. The fourth-order valence-electron chi connectivity index (χ4n) is 2.41. The summed E-state index contributed by atoms with van der Waals surface area (Å²) < 4.78 is 0. The largest absolute Gasteiger partial charge is 0.339 e. The molecule has 0 atom stereocenters. The van der Waals surface area contributed by atoms with Crippen molar-refractivity contribution in [3.63, 3.8) is 0 Å². The van der Waals surface area contributed by atoms with Crippen LogP contribution < -0.4 is 5.73 Å². The molecular formula is C18H36N2O. The molecule has 0 bridgehead atoms. The van der Waals surface area contributed by atoms with Crippen molar-refractivity contribution in [2.45, 2.75) is 78.6 Å². The molecule has 0 rings (SSSR count). The number of carbonyl (C=O) groups is 1. The Bertz CT molecular complexity index is 275. The summed E-state index contributed by atoms with van der Waals surface area (Å²) in [7, 11) is 0. The number of hydrogen-bond acceptors (Lipinski definition) is 2. The van der Waals surface area contributed by atoms with Crippen LogP contribution in [-0.4, -0.2) is 30.4 Å². The van der Waals surface area contributed by atoms with Crippen LogP contribution in [0.2, 0.25) is 0 Å². The summed E-state index contributed by atoms with van der Waals surface area (Å²) in [5.41, 5.74) is 6.36. The van der Waals surface area contributed by atoms with Crippen molar-refractivity contribution in [3.8, 4) is 0 Å². The predicted octanol–water partition coefficient (Wildman–Crippen LogP) is 4.27. The topological polar surface area (TPSA) is 46.3 Å². The molecule has 0 aromatic rings. The third-order valence-electron chi connectivity index (χ3n) is 3.80. The smallest absolute Gasteiger partial charge is 0.249 e. The van der Waals surface area contributed by atoms with Gasteiger partial charge in [0, 0.05) is 18.7 Å². The van der Waals surface area contributed by atoms with Crippen LogP contribution in [0.5, 0.6) is 0 Å². The van der Waals surface area contributed by atoms with E-state index in [1.54, 1.807) is 0 Å². The maximum absolute atomic E-state index is 12.5. The molecule has 3 heteroatoms. The van der Waals surface area contributed by atoms with Crippen LogP contribution in [0.3, 0.4) is 0 Å². The maximum atomic E-state index is 12.5. The molecule has 0 heterocycles. The van der Waals surface area contributed by atoms with E-state index in [1.165, 1.54) is 38.5 Å². The lowest BCUT2D eigenvalue weighted by Crippen LogP contribution is -2.33. The predicted molar refractivity (Wildman–Crippen MR) is 92.3 cm³/mol. The first-order chi connectivity index (χ1) is 10.2. The van der Waals surface area contributed by atoms with Crippen molar-refractivity contribution in [3.05, 3.63) is 11.6 Å². The van der Waals surface area contributed by atoms with Crippen molar-refractivity contribution in [1.82, 2.24) is 4.90 Å². The molecule has 0 saturated heterocycles. The Balaban J connectivity index is 4.35. The van der Waals surface area contributed by atoms with Gasteiger partial charge in [0.2, 0.25) is 5.91 Å². The molecule has 0 unspecified atom stereocenters. The molecule has 0 spiro atoms. The van der Waals surface area contributed by atoms with Crippen LogP contribution >= 0.6 is 0 Å². The van der Waals surface area contributed by atoms with Crippen molar-refractivity contribution in [2.24, 2.45) is 5.73 Å². The first-order valence-corrected chi connectivity index (χ1v) is 8.83. The number of unbranched alkanes of at least 4 members (excludes halogenated alkanes) is 6. The van der Waals surface area contributed by atoms with E-state index in [0.717, 1.165) is 37.9 Å². The van der Waals surface area contributed by atoms with Gasteiger partial charge in [0.1, 0.15) is 0 Å². The van der Waals surface area contributed by atoms with E-state index in [1.807, 2.05) is 17.9 Å². The maximum Gasteiger partial charge on any atom is 0.249 e. The van der Waals surface area contributed by atoms with Crippen molar-refractivity contribution >= 4 is 5.91 Å². The van der Waals surface area contributed by atoms with E-state index in [-0.39, 0.29) is 5.91 Å². The summed E-state index contributed by atoms with van der Waals surface area (Å²) >= 11 is 0. The number of rotatable bonds is 13. The normalized spacial score (nSPS) is 11.7. The Labute approximate surface area is 132 Å². The van der Waals surface area contributed by atoms with Crippen molar-refractivity contribution in [1.29, 1.82) is 0 Å². The minimum atomic E-state index is 0.205. The third-order valence-corrected chi connectivity index (χ3v) is 3.80. The van der Waals surface area contributed by atoms with Gasteiger partial charge < -0.3 is 10.6 Å². The second-order valence-corrected chi connectivity index (χ2v) is 5.88. The standard InChI is InChI=1S/C18H36N2O/c1-4-6-8-10-15-20(16-11-9-7-5-2)18(21)17(3)13-12-14-19/h13H,4-12,14-16,19H2,1-3H3. The van der Waals surface area contributed by atoms with Crippen LogP contribution in [-0.2, 0) is 4.79 Å². The van der Waals surface area contributed by atoms with Crippen molar-refractivity contribution < 1.29 is 4.79 Å². The lowest BCUT2D eigenvalue weighted by Gasteiger charge is -2.23. The van der Waals surface area contributed by atoms with Gasteiger partial charge in [0.15, 0.2) is 0 Å². The van der Waals surface area contributed by atoms with E-state index >= 15 is 0 Å². The molecular weight excluding hydrogens is 260 g/mol. The van der Waals surface area contributed by atoms with Gasteiger partial charge in [0.25, 0.3) is 0 Å². The lowest BCUT2D eigenvalue weighted by molar-refractivity contribution is -0.127. The van der Waals surface area contributed by atoms with Crippen molar-refractivity contribution in [2.75, 3.05) is 19.6 Å². The van der Waals surface area contributed by atoms with Gasteiger partial charge in [-0.3, -0.25) is 4.79 Å². The van der Waals surface area contributed by atoms with Gasteiger partial charge in [-0.1, -0.05) is 58.4 Å². The third kappa shape index (κ3) is 10.5. The summed E-state index contributed by atoms with van der Waals surface area (Å²) in [6.45, 7) is 8.76. The zero-order valence-corrected chi connectivity index (χ0v) is 14.5. The number of nitrogens with zero attached hydrogens (tertiary/aromatic N) is 1. The zero-order chi connectivity index (χ0) is 15.9. The Morgan fingerprint density at radius 1 is 0.952 bits per heavy atom. The van der Waals surface area contributed by atoms with Gasteiger partial charge in [0.05, 0.1) is 0 Å². The van der Waals surface area contributed by atoms with E-state index in [2.05, 4.69) is 13.8 Å². The van der Waals surface area contributed by atoms with E-state index in [0.29, 0.717) is 6.54 Å². The molecule has 21 heavy (non-hydrogen) atoms. The second-order valence-electron chi connectivity index (χ2n) is 5.88. The highest BCUT2D eigenvalue weighted by molar-refractivity contribution is 5.92. The highest BCUT2D eigenvalue weighted by atomic mass is 16.2. The molecule has 1 amide bonds. The summed E-state index contributed by atoms with van der Waals surface area (Å²) in [5.74, 6) is 0.205. The highest BCUT2D eigenvalue weighted by Crippen LogP contribution is 2.09. The van der Waals surface area contributed by atoms with Crippen LogP contribution in [0.25, 0.3) is 0 Å². The molecule has 2 N–H and O–H groups in total. The molecule has 0 aliphatic heterocycles. The Kier molecular flexibility index (Phi) is 13.6. The van der Waals surface area contributed by atoms with Gasteiger partial charge in [-0.05, 0) is 32.7 Å². The van der Waals surface area contributed by atoms with Crippen LogP contribution in [0.15, 0.2) is 11.6 Å². The highest BCUT2D eigenvalue weighted by Gasteiger charge is 2.14. The minimum Gasteiger partial charge on any atom is -0.339 e. The van der Waals surface area contributed by atoms with E-state index in [9.17, 15) is 4.79 Å². The first-order valence-electron chi connectivity index (χ1n) is 8.83. The van der Waals surface area contributed by atoms with Gasteiger partial charge in [-0.25, -0.2) is 0 Å². The number of nitrogens with two attached hydrogens (primary N) is 1. The average Bonchev–Trinajstić information content (AvgIpc) is 2.50. The average molecular weight is 296 g/mol. The number of carbonyl (C=O) groups excluding carboxylic acids is 1. The number of hydrogen-bond donors (Lipinski definition) is 1. The molecule has 3 nitrogen and oxygen atoms in total. The van der Waals surface area contributed by atoms with Gasteiger partial charge in [-0.15, -0.1) is 0 Å². The van der Waals surface area contributed by atoms with E-state index < -0.39 is 0 Å². The van der Waals surface area contributed by atoms with Crippen LogP contribution in [0.1, 0.15) is 78.6 Å². The first kappa shape index (κ1) is 20.2. The SMILES string of the molecule is CCCCCCN(CCCCCC)C(=O)C(C)=CCCN. The van der Waals surface area contributed by atoms with Gasteiger partial charge >= 0.3 is 0 Å². The quantitative estimate of drug-likeness (QED) is 0.407. The molecule has 0 aliphatic rings. The molecule has 0 aromatic carbocycles.